The van der Waals surface area contributed by atoms with Crippen LogP contribution in [0.4, 0.5) is 0 Å². The molecule has 0 bridgehead atoms. The fraction of sp³-hybridized carbons (Fsp3) is 0.833. The maximum atomic E-state index is 11.6. The van der Waals surface area contributed by atoms with E-state index in [0.29, 0.717) is 6.54 Å². The Morgan fingerprint density at radius 2 is 2.38 bits per heavy atom. The van der Waals surface area contributed by atoms with Gasteiger partial charge in [0.05, 0.1) is 18.7 Å². The average Bonchev–Trinajstić information content (AvgIpc) is 2.30. The molecule has 0 spiro atoms. The number of carbonyl (C=O) groups excluding carboxylic acids is 1. The summed E-state index contributed by atoms with van der Waals surface area (Å²) in [6, 6.07) is 2.21. The molecule has 90 valence electrons. The van der Waals surface area contributed by atoms with Crippen LogP contribution in [0.15, 0.2) is 0 Å². The van der Waals surface area contributed by atoms with Gasteiger partial charge >= 0.3 is 0 Å². The second-order valence-corrected chi connectivity index (χ2v) is 4.31. The van der Waals surface area contributed by atoms with Gasteiger partial charge < -0.3 is 5.32 Å². The molecule has 4 nitrogen and oxygen atoms in total. The molecule has 0 aromatic rings. The topological polar surface area (TPSA) is 56.1 Å². The summed E-state index contributed by atoms with van der Waals surface area (Å²) in [5.74, 6) is 0.0515. The SMILES string of the molecule is CCCCNC(=O)CN1CCCCC1C#N. The minimum atomic E-state index is -0.0642. The van der Waals surface area contributed by atoms with Crippen LogP contribution in [0.2, 0.25) is 0 Å². The molecule has 1 N–H and O–H groups in total. The highest BCUT2D eigenvalue weighted by Crippen LogP contribution is 2.15. The molecule has 1 fully saturated rings. The van der Waals surface area contributed by atoms with Gasteiger partial charge in [0.25, 0.3) is 0 Å². The molecule has 0 radical (unpaired) electrons. The van der Waals surface area contributed by atoms with Crippen molar-refractivity contribution in [1.82, 2.24) is 10.2 Å². The Labute approximate surface area is 97.6 Å². The third kappa shape index (κ3) is 4.19. The number of hydrogen-bond donors (Lipinski definition) is 1. The fourth-order valence-electron chi connectivity index (χ4n) is 1.97. The summed E-state index contributed by atoms with van der Waals surface area (Å²) in [5.41, 5.74) is 0. The van der Waals surface area contributed by atoms with Gasteiger partial charge in [0.15, 0.2) is 0 Å². The third-order valence-corrected chi connectivity index (χ3v) is 2.96. The maximum absolute atomic E-state index is 11.6. The van der Waals surface area contributed by atoms with Crippen molar-refractivity contribution >= 4 is 5.91 Å². The molecule has 1 aliphatic rings. The number of carbonyl (C=O) groups is 1. The van der Waals surface area contributed by atoms with Gasteiger partial charge in [-0.3, -0.25) is 9.69 Å². The number of hydrogen-bond acceptors (Lipinski definition) is 3. The Morgan fingerprint density at radius 1 is 1.56 bits per heavy atom. The highest BCUT2D eigenvalue weighted by atomic mass is 16.2. The lowest BCUT2D eigenvalue weighted by Crippen LogP contribution is -2.45. The molecular weight excluding hydrogens is 202 g/mol. The van der Waals surface area contributed by atoms with Crippen molar-refractivity contribution in [2.75, 3.05) is 19.6 Å². The van der Waals surface area contributed by atoms with E-state index in [0.717, 1.165) is 45.2 Å². The quantitative estimate of drug-likeness (QED) is 0.714. The van der Waals surface area contributed by atoms with Crippen LogP contribution < -0.4 is 5.32 Å². The number of likely N-dealkylation sites (tertiary alicyclic amines) is 1. The van der Waals surface area contributed by atoms with Crippen LogP contribution in [-0.2, 0) is 4.79 Å². The zero-order chi connectivity index (χ0) is 11.8. The normalized spacial score (nSPS) is 21.4. The van der Waals surface area contributed by atoms with Gasteiger partial charge in [-0.25, -0.2) is 0 Å². The number of unbranched alkanes of at least 4 members (excludes halogenated alkanes) is 1. The van der Waals surface area contributed by atoms with Crippen LogP contribution in [0.5, 0.6) is 0 Å². The fourth-order valence-corrected chi connectivity index (χ4v) is 1.97. The van der Waals surface area contributed by atoms with Gasteiger partial charge in [0.2, 0.25) is 5.91 Å². The maximum Gasteiger partial charge on any atom is 0.234 e. The largest absolute Gasteiger partial charge is 0.355 e. The molecule has 1 unspecified atom stereocenters. The first-order valence-electron chi connectivity index (χ1n) is 6.18. The van der Waals surface area contributed by atoms with Crippen molar-refractivity contribution < 1.29 is 4.79 Å². The van der Waals surface area contributed by atoms with Crippen molar-refractivity contribution in [3.63, 3.8) is 0 Å². The van der Waals surface area contributed by atoms with Crippen LogP contribution >= 0.6 is 0 Å². The number of piperidine rings is 1. The smallest absolute Gasteiger partial charge is 0.234 e. The first kappa shape index (κ1) is 13.0. The third-order valence-electron chi connectivity index (χ3n) is 2.96. The molecule has 1 aliphatic heterocycles. The lowest BCUT2D eigenvalue weighted by molar-refractivity contribution is -0.122. The second kappa shape index (κ2) is 7.24. The molecule has 0 aromatic heterocycles. The van der Waals surface area contributed by atoms with Crippen molar-refractivity contribution in [1.29, 1.82) is 5.26 Å². The minimum Gasteiger partial charge on any atom is -0.355 e. The van der Waals surface area contributed by atoms with Gasteiger partial charge in [-0.15, -0.1) is 0 Å². The summed E-state index contributed by atoms with van der Waals surface area (Å²) in [6.45, 7) is 4.10. The number of rotatable bonds is 5. The van der Waals surface area contributed by atoms with E-state index < -0.39 is 0 Å². The number of nitrogens with zero attached hydrogens (tertiary/aromatic N) is 2. The Hall–Kier alpha value is -1.08. The molecule has 1 heterocycles. The molecule has 0 aliphatic carbocycles. The highest BCUT2D eigenvalue weighted by Gasteiger charge is 2.23. The van der Waals surface area contributed by atoms with E-state index in [1.54, 1.807) is 0 Å². The molecule has 1 amide bonds. The van der Waals surface area contributed by atoms with Crippen molar-refractivity contribution in [2.24, 2.45) is 0 Å². The standard InChI is InChI=1S/C12H21N3O/c1-2-3-7-14-12(16)10-15-8-5-4-6-11(15)9-13/h11H,2-8,10H2,1H3,(H,14,16). The van der Waals surface area contributed by atoms with Crippen LogP contribution in [0.25, 0.3) is 0 Å². The van der Waals surface area contributed by atoms with Crippen molar-refractivity contribution in [2.45, 2.75) is 45.1 Å². The minimum absolute atomic E-state index is 0.0515. The summed E-state index contributed by atoms with van der Waals surface area (Å²) in [7, 11) is 0. The summed E-state index contributed by atoms with van der Waals surface area (Å²) in [5, 5.41) is 11.9. The van der Waals surface area contributed by atoms with Gasteiger partial charge in [-0.05, 0) is 32.2 Å². The van der Waals surface area contributed by atoms with E-state index in [9.17, 15) is 4.79 Å². The van der Waals surface area contributed by atoms with Crippen LogP contribution in [0.3, 0.4) is 0 Å². The molecule has 0 aromatic carbocycles. The summed E-state index contributed by atoms with van der Waals surface area (Å²) in [4.78, 5) is 13.6. The Bertz CT molecular complexity index is 259. The molecule has 0 saturated carbocycles. The zero-order valence-corrected chi connectivity index (χ0v) is 10.0. The summed E-state index contributed by atoms with van der Waals surface area (Å²) in [6.07, 6.45) is 5.21. The number of nitriles is 1. The molecule has 16 heavy (non-hydrogen) atoms. The van der Waals surface area contributed by atoms with E-state index >= 15 is 0 Å². The van der Waals surface area contributed by atoms with E-state index in [-0.39, 0.29) is 11.9 Å². The van der Waals surface area contributed by atoms with Gasteiger partial charge in [-0.1, -0.05) is 13.3 Å². The first-order chi connectivity index (χ1) is 7.77. The van der Waals surface area contributed by atoms with Crippen molar-refractivity contribution in [3.8, 4) is 6.07 Å². The van der Waals surface area contributed by atoms with Gasteiger partial charge in [0.1, 0.15) is 0 Å². The second-order valence-electron chi connectivity index (χ2n) is 4.31. The predicted octanol–water partition coefficient (Wildman–Crippen LogP) is 1.28. The Morgan fingerprint density at radius 3 is 3.06 bits per heavy atom. The van der Waals surface area contributed by atoms with E-state index in [1.807, 2.05) is 4.90 Å². The van der Waals surface area contributed by atoms with Crippen LogP contribution in [0, 0.1) is 11.3 Å². The molecule has 1 atom stereocenters. The Kier molecular flexibility index (Phi) is 5.87. The van der Waals surface area contributed by atoms with E-state index in [2.05, 4.69) is 18.3 Å². The van der Waals surface area contributed by atoms with Gasteiger partial charge in [-0.2, -0.15) is 5.26 Å². The molecule has 4 heteroatoms. The van der Waals surface area contributed by atoms with E-state index in [4.69, 9.17) is 5.26 Å². The van der Waals surface area contributed by atoms with Gasteiger partial charge in [0, 0.05) is 6.54 Å². The Balaban J connectivity index is 2.28. The van der Waals surface area contributed by atoms with Crippen LogP contribution in [-0.4, -0.2) is 36.5 Å². The van der Waals surface area contributed by atoms with Crippen molar-refractivity contribution in [3.05, 3.63) is 0 Å². The molecule has 1 saturated heterocycles. The summed E-state index contributed by atoms with van der Waals surface area (Å²) >= 11 is 0. The van der Waals surface area contributed by atoms with E-state index in [1.165, 1.54) is 0 Å². The number of nitrogens with one attached hydrogen (secondary N) is 1. The monoisotopic (exact) mass is 223 g/mol. The van der Waals surface area contributed by atoms with Crippen LogP contribution in [0.1, 0.15) is 39.0 Å². The molecule has 1 rings (SSSR count). The summed E-state index contributed by atoms with van der Waals surface area (Å²) < 4.78 is 0. The predicted molar refractivity (Wildman–Crippen MR) is 62.7 cm³/mol. The first-order valence-corrected chi connectivity index (χ1v) is 6.18. The molecular formula is C12H21N3O. The zero-order valence-electron chi connectivity index (χ0n) is 10.0. The average molecular weight is 223 g/mol. The number of amides is 1. The lowest BCUT2D eigenvalue weighted by Gasteiger charge is -2.30. The highest BCUT2D eigenvalue weighted by molar-refractivity contribution is 5.78. The lowest BCUT2D eigenvalue weighted by atomic mass is 10.0.